The Hall–Kier alpha value is -0.770. The maximum atomic E-state index is 10.0. The molecule has 0 aliphatic carbocycles. The zero-order valence-corrected chi connectivity index (χ0v) is 9.95. The molecule has 0 saturated carbocycles. The van der Waals surface area contributed by atoms with E-state index in [1.165, 1.54) is 32.4 Å². The third-order valence-corrected chi connectivity index (χ3v) is 2.47. The summed E-state index contributed by atoms with van der Waals surface area (Å²) in [5, 5.41) is 0. The minimum atomic E-state index is -0.725. The summed E-state index contributed by atoms with van der Waals surface area (Å²) in [6, 6.07) is 1.04. The highest BCUT2D eigenvalue weighted by Crippen LogP contribution is 2.27. The molecule has 4 heteroatoms. The second-order valence-electron chi connectivity index (χ2n) is 5.18. The van der Waals surface area contributed by atoms with Crippen molar-refractivity contribution in [2.24, 2.45) is 5.73 Å². The number of primary amides is 1. The van der Waals surface area contributed by atoms with E-state index in [2.05, 4.69) is 9.64 Å². The van der Waals surface area contributed by atoms with Gasteiger partial charge in [-0.15, -0.1) is 0 Å². The Bertz CT molecular complexity index is 213. The van der Waals surface area contributed by atoms with Gasteiger partial charge in [0.15, 0.2) is 0 Å². The fraction of sp³-hybridized carbons (Fsp3) is 0.909. The molecule has 2 heterocycles. The van der Waals surface area contributed by atoms with Gasteiger partial charge in [0.2, 0.25) is 0 Å². The Morgan fingerprint density at radius 3 is 2.33 bits per heavy atom. The van der Waals surface area contributed by atoms with Crippen molar-refractivity contribution in [3.8, 4) is 0 Å². The predicted octanol–water partition coefficient (Wildman–Crippen LogP) is 1.73. The van der Waals surface area contributed by atoms with Crippen LogP contribution in [-0.2, 0) is 4.74 Å². The Morgan fingerprint density at radius 2 is 2.07 bits per heavy atom. The molecule has 2 aliphatic rings. The van der Waals surface area contributed by atoms with Gasteiger partial charge in [-0.1, -0.05) is 6.42 Å². The largest absolute Gasteiger partial charge is 0.444 e. The first kappa shape index (κ1) is 12.3. The lowest BCUT2D eigenvalue weighted by Gasteiger charge is -2.16. The van der Waals surface area contributed by atoms with Gasteiger partial charge in [0.1, 0.15) is 5.60 Å². The Labute approximate surface area is 91.8 Å². The second kappa shape index (κ2) is 4.84. The summed E-state index contributed by atoms with van der Waals surface area (Å²) in [5.74, 6) is 0. The number of hydrogen-bond acceptors (Lipinski definition) is 3. The topological polar surface area (TPSA) is 55.3 Å². The van der Waals surface area contributed by atoms with Crippen molar-refractivity contribution >= 4 is 6.09 Å². The molecule has 2 fully saturated rings. The number of nitrogens with two attached hydrogens (primary N) is 1. The van der Waals surface area contributed by atoms with Crippen molar-refractivity contribution in [2.45, 2.75) is 51.7 Å². The fourth-order valence-corrected chi connectivity index (χ4v) is 1.77. The van der Waals surface area contributed by atoms with Crippen molar-refractivity contribution in [1.29, 1.82) is 0 Å². The van der Waals surface area contributed by atoms with Crippen LogP contribution in [-0.4, -0.2) is 35.7 Å². The van der Waals surface area contributed by atoms with E-state index in [1.54, 1.807) is 20.8 Å². The molecule has 4 nitrogen and oxygen atoms in total. The Balaban J connectivity index is 0.000000150. The van der Waals surface area contributed by atoms with Gasteiger partial charge < -0.3 is 10.5 Å². The standard InChI is InChI=1S/C6H11N.C5H11NO2/c1-2-4-7-5-6(7)3-1;1-5(2,3)8-4(6)7/h6H,1-5H2;1-3H3,(H2,6,7). The SMILES string of the molecule is C1CCN2CC2C1.CC(C)(C)OC(N)=O. The van der Waals surface area contributed by atoms with Gasteiger partial charge in [-0.2, -0.15) is 0 Å². The van der Waals surface area contributed by atoms with Crippen LogP contribution in [0.5, 0.6) is 0 Å². The summed E-state index contributed by atoms with van der Waals surface area (Å²) in [7, 11) is 0. The van der Waals surface area contributed by atoms with Crippen LogP contribution in [0.2, 0.25) is 0 Å². The van der Waals surface area contributed by atoms with E-state index in [0.29, 0.717) is 0 Å². The molecule has 15 heavy (non-hydrogen) atoms. The first-order valence-corrected chi connectivity index (χ1v) is 5.61. The molecule has 2 aliphatic heterocycles. The highest BCUT2D eigenvalue weighted by molar-refractivity contribution is 5.65. The fourth-order valence-electron chi connectivity index (χ4n) is 1.77. The number of hydrogen-bond donors (Lipinski definition) is 1. The van der Waals surface area contributed by atoms with E-state index < -0.39 is 11.7 Å². The normalized spacial score (nSPS) is 28.2. The number of carbonyl (C=O) groups is 1. The highest BCUT2D eigenvalue weighted by atomic mass is 16.6. The van der Waals surface area contributed by atoms with Gasteiger partial charge in [-0.25, -0.2) is 4.79 Å². The zero-order chi connectivity index (χ0) is 11.5. The van der Waals surface area contributed by atoms with Crippen LogP contribution in [0.25, 0.3) is 0 Å². The number of ether oxygens (including phenoxy) is 1. The monoisotopic (exact) mass is 214 g/mol. The Kier molecular flexibility index (Phi) is 3.97. The third kappa shape index (κ3) is 5.62. The molecule has 88 valence electrons. The first-order valence-electron chi connectivity index (χ1n) is 5.61. The van der Waals surface area contributed by atoms with Crippen molar-refractivity contribution in [1.82, 2.24) is 4.90 Å². The average Bonchev–Trinajstić information content (AvgIpc) is 2.77. The summed E-state index contributed by atoms with van der Waals surface area (Å²) in [6.45, 7) is 8.10. The summed E-state index contributed by atoms with van der Waals surface area (Å²) in [5.41, 5.74) is 4.26. The smallest absolute Gasteiger partial charge is 0.405 e. The zero-order valence-electron chi connectivity index (χ0n) is 9.95. The lowest BCUT2D eigenvalue weighted by atomic mass is 10.1. The molecule has 0 aromatic heterocycles. The van der Waals surface area contributed by atoms with E-state index in [1.807, 2.05) is 0 Å². The summed E-state index contributed by atoms with van der Waals surface area (Å²) in [6.07, 6.45) is 3.70. The molecule has 0 radical (unpaired) electrons. The molecule has 0 aromatic carbocycles. The van der Waals surface area contributed by atoms with Crippen LogP contribution in [0.15, 0.2) is 0 Å². The van der Waals surface area contributed by atoms with Crippen LogP contribution in [0.3, 0.4) is 0 Å². The highest BCUT2D eigenvalue weighted by Gasteiger charge is 2.34. The van der Waals surface area contributed by atoms with Gasteiger partial charge in [-0.05, 0) is 40.2 Å². The summed E-state index contributed by atoms with van der Waals surface area (Å²) < 4.78 is 4.58. The quantitative estimate of drug-likeness (QED) is 0.625. The van der Waals surface area contributed by atoms with E-state index in [-0.39, 0.29) is 0 Å². The third-order valence-electron chi connectivity index (χ3n) is 2.47. The molecule has 2 N–H and O–H groups in total. The maximum absolute atomic E-state index is 10.0. The van der Waals surface area contributed by atoms with E-state index in [9.17, 15) is 4.79 Å². The maximum Gasteiger partial charge on any atom is 0.405 e. The molecular weight excluding hydrogens is 192 g/mol. The van der Waals surface area contributed by atoms with Crippen molar-refractivity contribution < 1.29 is 9.53 Å². The number of carbonyl (C=O) groups excluding carboxylic acids is 1. The minimum absolute atomic E-state index is 0.453. The molecule has 2 atom stereocenters. The second-order valence-corrected chi connectivity index (χ2v) is 5.18. The number of amides is 1. The van der Waals surface area contributed by atoms with Gasteiger partial charge >= 0.3 is 6.09 Å². The molecule has 2 rings (SSSR count). The molecule has 0 bridgehead atoms. The van der Waals surface area contributed by atoms with E-state index >= 15 is 0 Å². The minimum Gasteiger partial charge on any atom is -0.444 e. The number of piperidine rings is 1. The molecule has 2 saturated heterocycles. The van der Waals surface area contributed by atoms with Crippen LogP contribution >= 0.6 is 0 Å². The van der Waals surface area contributed by atoms with Gasteiger partial charge in [0.05, 0.1) is 0 Å². The summed E-state index contributed by atoms with van der Waals surface area (Å²) >= 11 is 0. The molecule has 2 unspecified atom stereocenters. The molecule has 0 spiro atoms. The first-order chi connectivity index (χ1) is 6.88. The lowest BCUT2D eigenvalue weighted by molar-refractivity contribution is 0.0600. The average molecular weight is 214 g/mol. The van der Waals surface area contributed by atoms with Crippen molar-refractivity contribution in [2.75, 3.05) is 13.1 Å². The van der Waals surface area contributed by atoms with Crippen LogP contribution in [0, 0.1) is 0 Å². The Morgan fingerprint density at radius 1 is 1.40 bits per heavy atom. The predicted molar refractivity (Wildman–Crippen MR) is 59.6 cm³/mol. The van der Waals surface area contributed by atoms with Crippen molar-refractivity contribution in [3.63, 3.8) is 0 Å². The number of fused-ring (bicyclic) bond motifs is 1. The summed E-state index contributed by atoms with van der Waals surface area (Å²) in [4.78, 5) is 12.6. The van der Waals surface area contributed by atoms with Gasteiger partial charge in [0, 0.05) is 12.6 Å². The van der Waals surface area contributed by atoms with Crippen LogP contribution < -0.4 is 5.73 Å². The van der Waals surface area contributed by atoms with Gasteiger partial charge in [-0.3, -0.25) is 4.90 Å². The van der Waals surface area contributed by atoms with Crippen LogP contribution in [0.1, 0.15) is 40.0 Å². The van der Waals surface area contributed by atoms with E-state index in [0.717, 1.165) is 6.04 Å². The van der Waals surface area contributed by atoms with Gasteiger partial charge in [0.25, 0.3) is 0 Å². The molecular formula is C11H22N2O2. The molecule has 1 amide bonds. The van der Waals surface area contributed by atoms with E-state index in [4.69, 9.17) is 5.73 Å². The number of nitrogens with zero attached hydrogens (tertiary/aromatic N) is 1. The van der Waals surface area contributed by atoms with Crippen LogP contribution in [0.4, 0.5) is 4.79 Å². The lowest BCUT2D eigenvalue weighted by Crippen LogP contribution is -2.27. The molecule has 0 aromatic rings. The number of rotatable bonds is 0. The van der Waals surface area contributed by atoms with Crippen molar-refractivity contribution in [3.05, 3.63) is 0 Å².